The fraction of sp³-hybridized carbons (Fsp3) is 0.154. The second-order valence-electron chi connectivity index (χ2n) is 3.82. The molecule has 0 unspecified atom stereocenters. The Hall–Kier alpha value is -1.83. The minimum atomic E-state index is 0.0926. The van der Waals surface area contributed by atoms with Gasteiger partial charge in [-0.15, -0.1) is 0 Å². The lowest BCUT2D eigenvalue weighted by Crippen LogP contribution is -1.89. The van der Waals surface area contributed by atoms with E-state index in [0.717, 1.165) is 27.7 Å². The van der Waals surface area contributed by atoms with Crippen molar-refractivity contribution in [1.29, 1.82) is 0 Å². The lowest BCUT2D eigenvalue weighted by molar-refractivity contribution is 0.101. The number of aromatic nitrogens is 1. The smallest absolute Gasteiger partial charge is 0.159 e. The van der Waals surface area contributed by atoms with Gasteiger partial charge in [-0.05, 0) is 43.7 Å². The molecule has 2 heteroatoms. The zero-order valence-electron chi connectivity index (χ0n) is 8.92. The van der Waals surface area contributed by atoms with Crippen molar-refractivity contribution in [1.82, 2.24) is 4.98 Å². The number of rotatable bonds is 2. The monoisotopic (exact) mass is 199 g/mol. The number of fused-ring (bicyclic) bond motifs is 1. The highest BCUT2D eigenvalue weighted by atomic mass is 16.1. The maximum Gasteiger partial charge on any atom is 0.159 e. The summed E-state index contributed by atoms with van der Waals surface area (Å²) in [6, 6.07) is 7.69. The molecule has 0 saturated heterocycles. The summed E-state index contributed by atoms with van der Waals surface area (Å²) in [6.45, 7) is 7.41. The van der Waals surface area contributed by atoms with Crippen molar-refractivity contribution in [2.24, 2.45) is 0 Å². The molecule has 76 valence electrons. The number of H-pyrrole nitrogens is 1. The zero-order valence-corrected chi connectivity index (χ0v) is 8.92. The number of hydrogen-bond donors (Lipinski definition) is 1. The molecule has 1 aromatic heterocycles. The van der Waals surface area contributed by atoms with Crippen LogP contribution in [0.3, 0.4) is 0 Å². The zero-order chi connectivity index (χ0) is 11.0. The summed E-state index contributed by atoms with van der Waals surface area (Å²) in [5.74, 6) is 0.0926. The van der Waals surface area contributed by atoms with Gasteiger partial charge in [-0.2, -0.15) is 0 Å². The predicted octanol–water partition coefficient (Wildman–Crippen LogP) is 3.40. The molecule has 2 nitrogen and oxygen atoms in total. The number of carbonyl (C=O) groups is 1. The molecule has 0 atom stereocenters. The van der Waals surface area contributed by atoms with Crippen LogP contribution in [0.1, 0.15) is 29.9 Å². The summed E-state index contributed by atoms with van der Waals surface area (Å²) in [7, 11) is 0. The standard InChI is InChI=1S/C13H13NO/c1-8(2)13-7-11-6-10(9(3)15)4-5-12(11)14-13/h4-7,14H,1H2,2-3H3. The van der Waals surface area contributed by atoms with Gasteiger partial charge >= 0.3 is 0 Å². The molecule has 2 rings (SSSR count). The van der Waals surface area contributed by atoms with E-state index in [0.29, 0.717) is 0 Å². The van der Waals surface area contributed by atoms with E-state index in [1.54, 1.807) is 6.92 Å². The highest BCUT2D eigenvalue weighted by molar-refractivity contribution is 5.98. The van der Waals surface area contributed by atoms with E-state index in [2.05, 4.69) is 11.6 Å². The Kier molecular flexibility index (Phi) is 2.19. The van der Waals surface area contributed by atoms with Crippen LogP contribution in [-0.4, -0.2) is 10.8 Å². The second kappa shape index (κ2) is 3.39. The maximum atomic E-state index is 11.2. The molecule has 0 fully saturated rings. The molecule has 0 spiro atoms. The third-order valence-electron chi connectivity index (χ3n) is 2.49. The van der Waals surface area contributed by atoms with E-state index in [-0.39, 0.29) is 5.78 Å². The topological polar surface area (TPSA) is 32.9 Å². The molecule has 0 bridgehead atoms. The Morgan fingerprint density at radius 3 is 2.60 bits per heavy atom. The third kappa shape index (κ3) is 1.71. The fourth-order valence-electron chi connectivity index (χ4n) is 1.58. The first-order chi connectivity index (χ1) is 7.08. The molecule has 2 aromatic rings. The van der Waals surface area contributed by atoms with Gasteiger partial charge in [0.05, 0.1) is 0 Å². The van der Waals surface area contributed by atoms with E-state index in [9.17, 15) is 4.79 Å². The van der Waals surface area contributed by atoms with Gasteiger partial charge in [-0.3, -0.25) is 4.79 Å². The Balaban J connectivity index is 2.62. The summed E-state index contributed by atoms with van der Waals surface area (Å²) in [5, 5.41) is 1.06. The van der Waals surface area contributed by atoms with Crippen molar-refractivity contribution < 1.29 is 4.79 Å². The summed E-state index contributed by atoms with van der Waals surface area (Å²) < 4.78 is 0. The molecular weight excluding hydrogens is 186 g/mol. The number of carbonyl (C=O) groups excluding carboxylic acids is 1. The van der Waals surface area contributed by atoms with Crippen molar-refractivity contribution in [2.75, 3.05) is 0 Å². The molecular formula is C13H13NO. The lowest BCUT2D eigenvalue weighted by Gasteiger charge is -1.94. The fourth-order valence-corrected chi connectivity index (χ4v) is 1.58. The van der Waals surface area contributed by atoms with E-state index in [1.807, 2.05) is 31.2 Å². The number of benzene rings is 1. The summed E-state index contributed by atoms with van der Waals surface area (Å²) in [6.07, 6.45) is 0. The summed E-state index contributed by atoms with van der Waals surface area (Å²) in [4.78, 5) is 14.5. The van der Waals surface area contributed by atoms with Crippen LogP contribution < -0.4 is 0 Å². The SMILES string of the molecule is C=C(C)c1cc2cc(C(C)=O)ccc2[nH]1. The van der Waals surface area contributed by atoms with Gasteiger partial charge in [-0.1, -0.05) is 6.58 Å². The third-order valence-corrected chi connectivity index (χ3v) is 2.49. The molecule has 0 radical (unpaired) electrons. The average molecular weight is 199 g/mol. The van der Waals surface area contributed by atoms with E-state index in [1.165, 1.54) is 0 Å². The molecule has 0 saturated carbocycles. The van der Waals surface area contributed by atoms with Crippen LogP contribution in [0.5, 0.6) is 0 Å². The van der Waals surface area contributed by atoms with Gasteiger partial charge < -0.3 is 4.98 Å². The maximum absolute atomic E-state index is 11.2. The van der Waals surface area contributed by atoms with Gasteiger partial charge in [0.1, 0.15) is 0 Å². The number of ketones is 1. The Bertz CT molecular complexity index is 537. The molecule has 15 heavy (non-hydrogen) atoms. The number of aromatic amines is 1. The quantitative estimate of drug-likeness (QED) is 0.739. The second-order valence-corrected chi connectivity index (χ2v) is 3.82. The van der Waals surface area contributed by atoms with Crippen LogP contribution in [0, 0.1) is 0 Å². The summed E-state index contributed by atoms with van der Waals surface area (Å²) >= 11 is 0. The van der Waals surface area contributed by atoms with Crippen LogP contribution in [-0.2, 0) is 0 Å². The van der Waals surface area contributed by atoms with Crippen molar-refractivity contribution in [2.45, 2.75) is 13.8 Å². The molecule has 1 heterocycles. The first kappa shape index (κ1) is 9.71. The Labute approximate surface area is 88.6 Å². The van der Waals surface area contributed by atoms with Gasteiger partial charge in [0, 0.05) is 22.2 Å². The normalized spacial score (nSPS) is 10.5. The van der Waals surface area contributed by atoms with E-state index in [4.69, 9.17) is 0 Å². The van der Waals surface area contributed by atoms with Crippen LogP contribution in [0.25, 0.3) is 16.5 Å². The number of nitrogens with one attached hydrogen (secondary N) is 1. The van der Waals surface area contributed by atoms with E-state index >= 15 is 0 Å². The van der Waals surface area contributed by atoms with Crippen LogP contribution in [0.2, 0.25) is 0 Å². The number of hydrogen-bond acceptors (Lipinski definition) is 1. The predicted molar refractivity (Wildman–Crippen MR) is 63.0 cm³/mol. The highest BCUT2D eigenvalue weighted by Crippen LogP contribution is 2.21. The number of allylic oxidation sites excluding steroid dienone is 1. The average Bonchev–Trinajstić information content (AvgIpc) is 2.59. The van der Waals surface area contributed by atoms with Gasteiger partial charge in [0.25, 0.3) is 0 Å². The highest BCUT2D eigenvalue weighted by Gasteiger charge is 2.04. The molecule has 1 aromatic carbocycles. The first-order valence-electron chi connectivity index (χ1n) is 4.87. The molecule has 0 aliphatic heterocycles. The van der Waals surface area contributed by atoms with Crippen molar-refractivity contribution in [3.05, 3.63) is 42.1 Å². The molecule has 0 aliphatic rings. The van der Waals surface area contributed by atoms with Crippen molar-refractivity contribution in [3.63, 3.8) is 0 Å². The van der Waals surface area contributed by atoms with Crippen molar-refractivity contribution >= 4 is 22.3 Å². The van der Waals surface area contributed by atoms with Gasteiger partial charge in [0.15, 0.2) is 5.78 Å². The largest absolute Gasteiger partial charge is 0.355 e. The van der Waals surface area contributed by atoms with Crippen LogP contribution in [0.15, 0.2) is 30.8 Å². The lowest BCUT2D eigenvalue weighted by atomic mass is 10.1. The van der Waals surface area contributed by atoms with Crippen molar-refractivity contribution in [3.8, 4) is 0 Å². The van der Waals surface area contributed by atoms with Gasteiger partial charge in [-0.25, -0.2) is 0 Å². The first-order valence-corrected chi connectivity index (χ1v) is 4.87. The molecule has 0 amide bonds. The van der Waals surface area contributed by atoms with E-state index < -0.39 is 0 Å². The minimum Gasteiger partial charge on any atom is -0.355 e. The van der Waals surface area contributed by atoms with Crippen LogP contribution >= 0.6 is 0 Å². The van der Waals surface area contributed by atoms with Gasteiger partial charge in [0.2, 0.25) is 0 Å². The summed E-state index contributed by atoms with van der Waals surface area (Å²) in [5.41, 5.74) is 3.80. The Morgan fingerprint density at radius 1 is 1.27 bits per heavy atom. The minimum absolute atomic E-state index is 0.0926. The van der Waals surface area contributed by atoms with Crippen LogP contribution in [0.4, 0.5) is 0 Å². The number of Topliss-reactive ketones (excluding diaryl/α,β-unsaturated/α-hetero) is 1. The molecule has 0 aliphatic carbocycles. The Morgan fingerprint density at radius 2 is 2.00 bits per heavy atom. The molecule has 1 N–H and O–H groups in total.